The van der Waals surface area contributed by atoms with Crippen LogP contribution in [-0.2, 0) is 9.84 Å². The Morgan fingerprint density at radius 1 is 1.50 bits per heavy atom. The van der Waals surface area contributed by atoms with E-state index in [1.807, 2.05) is 6.92 Å². The van der Waals surface area contributed by atoms with Gasteiger partial charge in [-0.05, 0) is 38.0 Å². The summed E-state index contributed by atoms with van der Waals surface area (Å²) in [4.78, 5) is 0. The minimum Gasteiger partial charge on any atom is -0.508 e. The second kappa shape index (κ2) is 6.01. The second-order valence-electron chi connectivity index (χ2n) is 5.19. The van der Waals surface area contributed by atoms with Crippen molar-refractivity contribution in [2.75, 3.05) is 19.4 Å². The average molecular weight is 299 g/mol. The normalized spacial score (nSPS) is 22.6. The monoisotopic (exact) mass is 299 g/mol. The number of ether oxygens (including phenoxy) is 1. The lowest BCUT2D eigenvalue weighted by Crippen LogP contribution is -2.32. The van der Waals surface area contributed by atoms with Crippen molar-refractivity contribution in [3.8, 4) is 11.5 Å². The van der Waals surface area contributed by atoms with Crippen molar-refractivity contribution in [1.29, 1.82) is 0 Å². The summed E-state index contributed by atoms with van der Waals surface area (Å²) in [6.07, 6.45) is 1.46. The van der Waals surface area contributed by atoms with Gasteiger partial charge in [0.15, 0.2) is 9.84 Å². The first-order valence-electron chi connectivity index (χ1n) is 6.76. The highest BCUT2D eigenvalue weighted by Crippen LogP contribution is 2.28. The van der Waals surface area contributed by atoms with Gasteiger partial charge in [-0.1, -0.05) is 0 Å². The highest BCUT2D eigenvalue weighted by Gasteiger charge is 2.31. The Morgan fingerprint density at radius 3 is 2.85 bits per heavy atom. The molecule has 1 fully saturated rings. The summed E-state index contributed by atoms with van der Waals surface area (Å²) in [5.74, 6) is 1.14. The molecule has 1 aliphatic rings. The van der Waals surface area contributed by atoms with Crippen LogP contribution in [0.1, 0.15) is 31.4 Å². The minimum absolute atomic E-state index is 0.138. The van der Waals surface area contributed by atoms with Crippen LogP contribution in [0, 0.1) is 0 Å². The molecule has 1 aliphatic heterocycles. The number of nitrogens with one attached hydrogen (secondary N) is 1. The SMILES string of the molecule is COc1ccc(O)c(C(C)NCC2CCCS2(=O)=O)c1. The molecule has 2 atom stereocenters. The molecule has 2 N–H and O–H groups in total. The van der Waals surface area contributed by atoms with Crippen LogP contribution >= 0.6 is 0 Å². The van der Waals surface area contributed by atoms with E-state index in [-0.39, 0.29) is 22.8 Å². The first-order valence-corrected chi connectivity index (χ1v) is 8.47. The number of rotatable bonds is 5. The maximum atomic E-state index is 11.8. The molecular weight excluding hydrogens is 278 g/mol. The topological polar surface area (TPSA) is 75.6 Å². The largest absolute Gasteiger partial charge is 0.508 e. The lowest BCUT2D eigenvalue weighted by molar-refractivity contribution is 0.407. The molecule has 0 radical (unpaired) electrons. The lowest BCUT2D eigenvalue weighted by Gasteiger charge is -2.18. The molecule has 1 saturated heterocycles. The Balaban J connectivity index is 2.03. The van der Waals surface area contributed by atoms with E-state index < -0.39 is 9.84 Å². The van der Waals surface area contributed by atoms with E-state index in [1.165, 1.54) is 0 Å². The van der Waals surface area contributed by atoms with Gasteiger partial charge in [0, 0.05) is 18.2 Å². The van der Waals surface area contributed by atoms with E-state index in [0.717, 1.165) is 6.42 Å². The number of methoxy groups -OCH3 is 1. The summed E-state index contributed by atoms with van der Waals surface area (Å²) in [5, 5.41) is 12.8. The predicted molar refractivity (Wildman–Crippen MR) is 77.9 cm³/mol. The first-order chi connectivity index (χ1) is 9.44. The number of phenolic OH excluding ortho intramolecular Hbond substituents is 1. The van der Waals surface area contributed by atoms with Crippen LogP contribution in [0.4, 0.5) is 0 Å². The molecule has 112 valence electrons. The summed E-state index contributed by atoms with van der Waals surface area (Å²) in [5.41, 5.74) is 0.708. The van der Waals surface area contributed by atoms with E-state index in [1.54, 1.807) is 25.3 Å². The molecule has 1 aromatic carbocycles. The zero-order valence-corrected chi connectivity index (χ0v) is 12.6. The minimum atomic E-state index is -2.94. The van der Waals surface area contributed by atoms with Crippen molar-refractivity contribution in [1.82, 2.24) is 5.32 Å². The molecule has 0 amide bonds. The van der Waals surface area contributed by atoms with Crippen molar-refractivity contribution in [2.24, 2.45) is 0 Å². The summed E-state index contributed by atoms with van der Waals surface area (Å²) >= 11 is 0. The van der Waals surface area contributed by atoms with Crippen LogP contribution in [0.15, 0.2) is 18.2 Å². The van der Waals surface area contributed by atoms with Gasteiger partial charge in [-0.15, -0.1) is 0 Å². The summed E-state index contributed by atoms with van der Waals surface area (Å²) < 4.78 is 28.7. The van der Waals surface area contributed by atoms with Crippen LogP contribution in [0.2, 0.25) is 0 Å². The number of benzene rings is 1. The zero-order valence-electron chi connectivity index (χ0n) is 11.8. The summed E-state index contributed by atoms with van der Waals surface area (Å²) in [7, 11) is -1.37. The molecule has 1 heterocycles. The number of aromatic hydroxyl groups is 1. The zero-order chi connectivity index (χ0) is 14.8. The molecule has 0 spiro atoms. The Kier molecular flexibility index (Phi) is 4.55. The van der Waals surface area contributed by atoms with E-state index in [4.69, 9.17) is 4.74 Å². The van der Waals surface area contributed by atoms with Crippen molar-refractivity contribution in [2.45, 2.75) is 31.1 Å². The highest BCUT2D eigenvalue weighted by atomic mass is 32.2. The fourth-order valence-electron chi connectivity index (χ4n) is 2.51. The molecule has 2 unspecified atom stereocenters. The van der Waals surface area contributed by atoms with E-state index in [9.17, 15) is 13.5 Å². The maximum absolute atomic E-state index is 11.8. The van der Waals surface area contributed by atoms with Gasteiger partial charge in [-0.25, -0.2) is 8.42 Å². The van der Waals surface area contributed by atoms with Gasteiger partial charge in [0.2, 0.25) is 0 Å². The van der Waals surface area contributed by atoms with E-state index in [0.29, 0.717) is 24.3 Å². The molecule has 0 bridgehead atoms. The van der Waals surface area contributed by atoms with Gasteiger partial charge in [-0.2, -0.15) is 0 Å². The van der Waals surface area contributed by atoms with E-state index >= 15 is 0 Å². The van der Waals surface area contributed by atoms with Gasteiger partial charge in [0.25, 0.3) is 0 Å². The number of phenols is 1. The van der Waals surface area contributed by atoms with Crippen LogP contribution in [0.3, 0.4) is 0 Å². The Labute approximate surface area is 119 Å². The fraction of sp³-hybridized carbons (Fsp3) is 0.571. The molecule has 1 aromatic rings. The van der Waals surface area contributed by atoms with Crippen LogP contribution in [-0.4, -0.2) is 38.2 Å². The summed E-state index contributed by atoms with van der Waals surface area (Å²) in [6.45, 7) is 2.32. The van der Waals surface area contributed by atoms with Gasteiger partial charge in [-0.3, -0.25) is 0 Å². The van der Waals surface area contributed by atoms with Crippen LogP contribution < -0.4 is 10.1 Å². The molecule has 6 heteroatoms. The molecule has 2 rings (SSSR count). The third-order valence-electron chi connectivity index (χ3n) is 3.82. The first kappa shape index (κ1) is 15.1. The van der Waals surface area contributed by atoms with Crippen LogP contribution in [0.5, 0.6) is 11.5 Å². The fourth-order valence-corrected chi connectivity index (χ4v) is 4.29. The van der Waals surface area contributed by atoms with Gasteiger partial charge < -0.3 is 15.2 Å². The third kappa shape index (κ3) is 3.24. The standard InChI is InChI=1S/C14H21NO4S/c1-10(13-8-11(19-2)5-6-14(13)16)15-9-12-4-3-7-20(12,17)18/h5-6,8,10,12,15-16H,3-4,7,9H2,1-2H3. The molecule has 0 aliphatic carbocycles. The third-order valence-corrected chi connectivity index (χ3v) is 6.09. The van der Waals surface area contributed by atoms with E-state index in [2.05, 4.69) is 5.32 Å². The van der Waals surface area contributed by atoms with Gasteiger partial charge >= 0.3 is 0 Å². The van der Waals surface area contributed by atoms with Crippen LogP contribution in [0.25, 0.3) is 0 Å². The Bertz CT molecular complexity index is 571. The average Bonchev–Trinajstić information content (AvgIpc) is 2.75. The molecule has 0 aromatic heterocycles. The molecule has 0 saturated carbocycles. The summed E-state index contributed by atoms with van der Waals surface area (Å²) in [6, 6.07) is 4.89. The van der Waals surface area contributed by atoms with Gasteiger partial charge in [0.1, 0.15) is 11.5 Å². The van der Waals surface area contributed by atoms with Crippen molar-refractivity contribution < 1.29 is 18.3 Å². The smallest absolute Gasteiger partial charge is 0.154 e. The molecule has 5 nitrogen and oxygen atoms in total. The Hall–Kier alpha value is -1.27. The maximum Gasteiger partial charge on any atom is 0.154 e. The lowest BCUT2D eigenvalue weighted by atomic mass is 10.1. The number of hydrogen-bond donors (Lipinski definition) is 2. The van der Waals surface area contributed by atoms with Crippen molar-refractivity contribution in [3.63, 3.8) is 0 Å². The number of hydrogen-bond acceptors (Lipinski definition) is 5. The number of sulfone groups is 1. The highest BCUT2D eigenvalue weighted by molar-refractivity contribution is 7.92. The Morgan fingerprint density at radius 2 is 2.25 bits per heavy atom. The molecular formula is C14H21NO4S. The predicted octanol–water partition coefficient (Wildman–Crippen LogP) is 1.63. The second-order valence-corrected chi connectivity index (χ2v) is 7.59. The van der Waals surface area contributed by atoms with Gasteiger partial charge in [0.05, 0.1) is 18.1 Å². The van der Waals surface area contributed by atoms with Crippen molar-refractivity contribution >= 4 is 9.84 Å². The quantitative estimate of drug-likeness (QED) is 0.864. The van der Waals surface area contributed by atoms with Crippen molar-refractivity contribution in [3.05, 3.63) is 23.8 Å². The molecule has 20 heavy (non-hydrogen) atoms.